The highest BCUT2D eigenvalue weighted by Gasteiger charge is 2.16. The summed E-state index contributed by atoms with van der Waals surface area (Å²) in [4.78, 5) is 2.41. The van der Waals surface area contributed by atoms with Crippen molar-refractivity contribution in [3.05, 3.63) is 184 Å². The van der Waals surface area contributed by atoms with E-state index in [2.05, 4.69) is 170 Å². The van der Waals surface area contributed by atoms with Gasteiger partial charge in [-0.25, -0.2) is 0 Å². The molecular formula is C51H49N. The Labute approximate surface area is 310 Å². The molecule has 2 aliphatic carbocycles. The first-order valence-corrected chi connectivity index (χ1v) is 19.4. The Kier molecular flexibility index (Phi) is 10.3. The van der Waals surface area contributed by atoms with Crippen LogP contribution in [0.2, 0.25) is 0 Å². The molecule has 0 aliphatic heterocycles. The number of fused-ring (bicyclic) bond motifs is 1. The van der Waals surface area contributed by atoms with Crippen molar-refractivity contribution in [2.24, 2.45) is 0 Å². The van der Waals surface area contributed by atoms with Crippen LogP contribution in [0.15, 0.2) is 151 Å². The molecule has 2 aliphatic rings. The molecule has 2 fully saturated rings. The zero-order valence-corrected chi connectivity index (χ0v) is 30.5. The topological polar surface area (TPSA) is 3.24 Å². The summed E-state index contributed by atoms with van der Waals surface area (Å²) in [6.45, 7) is 2.16. The maximum atomic E-state index is 2.42. The van der Waals surface area contributed by atoms with E-state index in [0.717, 1.165) is 11.4 Å². The van der Waals surface area contributed by atoms with Gasteiger partial charge in [-0.15, -0.1) is 0 Å². The average molecular weight is 676 g/mol. The van der Waals surface area contributed by atoms with E-state index >= 15 is 0 Å². The van der Waals surface area contributed by atoms with E-state index in [1.807, 2.05) is 0 Å². The van der Waals surface area contributed by atoms with Crippen LogP contribution in [0.25, 0.3) is 34.6 Å². The summed E-state index contributed by atoms with van der Waals surface area (Å²) in [5, 5.41) is 2.48. The second-order valence-corrected chi connectivity index (χ2v) is 14.8. The van der Waals surface area contributed by atoms with Crippen molar-refractivity contribution < 1.29 is 0 Å². The molecule has 8 rings (SSSR count). The molecule has 0 spiro atoms. The van der Waals surface area contributed by atoms with Gasteiger partial charge >= 0.3 is 0 Å². The number of benzene rings is 6. The molecule has 0 radical (unpaired) electrons. The molecule has 0 atom stereocenters. The standard InChI is InChI=1S/C51H49N/c1-38-19-27-45(28-20-38)50(46-29-21-41(22-30-46)35-39-11-4-2-5-12-39)37-43-25-33-48(34-26-43)52(51-18-10-16-44-15-8-9-17-49(44)51)47-31-23-42(24-32-47)36-40-13-6-3-7-14-40/h8-10,15-37H,2-7,11-14H2,1H3/b50-37+. The monoisotopic (exact) mass is 675 g/mol. The Morgan fingerprint density at radius 3 is 1.52 bits per heavy atom. The lowest BCUT2D eigenvalue weighted by Gasteiger charge is -2.27. The van der Waals surface area contributed by atoms with Gasteiger partial charge in [0.15, 0.2) is 0 Å². The van der Waals surface area contributed by atoms with Crippen LogP contribution in [0.4, 0.5) is 17.1 Å². The minimum atomic E-state index is 1.14. The molecule has 6 aromatic carbocycles. The Balaban J connectivity index is 1.15. The number of hydrogen-bond donors (Lipinski definition) is 0. The number of aryl methyl sites for hydroxylation is 1. The third-order valence-electron chi connectivity index (χ3n) is 10.9. The first-order chi connectivity index (χ1) is 25.7. The van der Waals surface area contributed by atoms with Crippen LogP contribution in [0.5, 0.6) is 0 Å². The van der Waals surface area contributed by atoms with Crippen molar-refractivity contribution in [3.8, 4) is 0 Å². The predicted molar refractivity (Wildman–Crippen MR) is 225 cm³/mol. The highest BCUT2D eigenvalue weighted by atomic mass is 15.1. The Morgan fingerprint density at radius 2 is 0.942 bits per heavy atom. The van der Waals surface area contributed by atoms with Gasteiger partial charge < -0.3 is 4.90 Å². The summed E-state index contributed by atoms with van der Waals surface area (Å²) in [5.74, 6) is 0. The highest BCUT2D eigenvalue weighted by molar-refractivity contribution is 5.99. The van der Waals surface area contributed by atoms with Gasteiger partial charge in [0, 0.05) is 16.8 Å². The maximum Gasteiger partial charge on any atom is 0.0540 e. The van der Waals surface area contributed by atoms with Gasteiger partial charge in [0.1, 0.15) is 0 Å². The van der Waals surface area contributed by atoms with Gasteiger partial charge in [0.2, 0.25) is 0 Å². The molecule has 0 bridgehead atoms. The third kappa shape index (κ3) is 7.90. The fourth-order valence-corrected chi connectivity index (χ4v) is 8.03. The Hall–Kier alpha value is -5.40. The summed E-state index contributed by atoms with van der Waals surface area (Å²) in [5.41, 5.74) is 15.4. The van der Waals surface area contributed by atoms with E-state index in [4.69, 9.17) is 0 Å². The number of allylic oxidation sites excluding steroid dienone is 2. The van der Waals surface area contributed by atoms with Crippen LogP contribution in [0, 0.1) is 6.92 Å². The van der Waals surface area contributed by atoms with E-state index in [1.54, 1.807) is 11.1 Å². The van der Waals surface area contributed by atoms with E-state index in [-0.39, 0.29) is 0 Å². The van der Waals surface area contributed by atoms with Gasteiger partial charge in [0.25, 0.3) is 0 Å². The summed E-state index contributed by atoms with van der Waals surface area (Å²) >= 11 is 0. The zero-order chi connectivity index (χ0) is 35.1. The van der Waals surface area contributed by atoms with Crippen molar-refractivity contribution in [1.29, 1.82) is 0 Å². The molecule has 0 saturated heterocycles. The molecule has 52 heavy (non-hydrogen) atoms. The quantitative estimate of drug-likeness (QED) is 0.145. The lowest BCUT2D eigenvalue weighted by atomic mass is 9.92. The van der Waals surface area contributed by atoms with Crippen molar-refractivity contribution in [3.63, 3.8) is 0 Å². The smallest absolute Gasteiger partial charge is 0.0540 e. The van der Waals surface area contributed by atoms with Gasteiger partial charge in [-0.05, 0) is 133 Å². The molecule has 258 valence electrons. The molecule has 0 heterocycles. The zero-order valence-electron chi connectivity index (χ0n) is 30.5. The van der Waals surface area contributed by atoms with Gasteiger partial charge in [-0.2, -0.15) is 0 Å². The largest absolute Gasteiger partial charge is 0.310 e. The van der Waals surface area contributed by atoms with Crippen molar-refractivity contribution in [2.75, 3.05) is 4.90 Å². The Morgan fingerprint density at radius 1 is 0.462 bits per heavy atom. The molecule has 1 heteroatoms. The van der Waals surface area contributed by atoms with E-state index in [9.17, 15) is 0 Å². The fraction of sp³-hybridized carbons (Fsp3) is 0.216. The fourth-order valence-electron chi connectivity index (χ4n) is 8.03. The second kappa shape index (κ2) is 15.9. The Bertz CT molecular complexity index is 2190. The normalized spacial score (nSPS) is 15.1. The van der Waals surface area contributed by atoms with Gasteiger partial charge in [0.05, 0.1) is 5.69 Å². The molecule has 2 saturated carbocycles. The number of anilines is 3. The molecular weight excluding hydrogens is 627 g/mol. The van der Waals surface area contributed by atoms with Crippen LogP contribution in [-0.4, -0.2) is 0 Å². The van der Waals surface area contributed by atoms with Crippen LogP contribution < -0.4 is 4.90 Å². The summed E-state index contributed by atoms with van der Waals surface area (Å²) in [6, 6.07) is 51.7. The average Bonchev–Trinajstić information content (AvgIpc) is 3.20. The summed E-state index contributed by atoms with van der Waals surface area (Å²) in [6.07, 6.45) is 20.2. The molecule has 6 aromatic rings. The third-order valence-corrected chi connectivity index (χ3v) is 10.9. The van der Waals surface area contributed by atoms with Gasteiger partial charge in [-0.1, -0.05) is 151 Å². The van der Waals surface area contributed by atoms with Crippen LogP contribution in [-0.2, 0) is 0 Å². The minimum Gasteiger partial charge on any atom is -0.310 e. The first-order valence-electron chi connectivity index (χ1n) is 19.4. The molecule has 0 amide bonds. The maximum absolute atomic E-state index is 2.42. The van der Waals surface area contributed by atoms with Crippen molar-refractivity contribution >= 4 is 51.6 Å². The predicted octanol–water partition coefficient (Wildman–Crippen LogP) is 14.9. The minimum absolute atomic E-state index is 1.14. The molecule has 0 unspecified atom stereocenters. The van der Waals surface area contributed by atoms with E-state index in [0.29, 0.717) is 0 Å². The lowest BCUT2D eigenvalue weighted by Crippen LogP contribution is -2.10. The summed E-state index contributed by atoms with van der Waals surface area (Å²) < 4.78 is 0. The van der Waals surface area contributed by atoms with E-state index in [1.165, 1.54) is 120 Å². The SMILES string of the molecule is Cc1ccc(/C(=C\c2ccc(N(c3ccc(C=C4CCCCC4)cc3)c3cccc4ccccc34)cc2)c2ccc(C=C3CCCCC3)cc2)cc1. The van der Waals surface area contributed by atoms with Crippen LogP contribution in [0.1, 0.15) is 97.6 Å². The number of hydrogen-bond acceptors (Lipinski definition) is 1. The second-order valence-electron chi connectivity index (χ2n) is 14.8. The number of nitrogens with zero attached hydrogens (tertiary/aromatic N) is 1. The lowest BCUT2D eigenvalue weighted by molar-refractivity contribution is 0.602. The molecule has 0 aromatic heterocycles. The van der Waals surface area contributed by atoms with Crippen LogP contribution >= 0.6 is 0 Å². The highest BCUT2D eigenvalue weighted by Crippen LogP contribution is 2.40. The van der Waals surface area contributed by atoms with E-state index < -0.39 is 0 Å². The van der Waals surface area contributed by atoms with Gasteiger partial charge in [-0.3, -0.25) is 0 Å². The molecule has 0 N–H and O–H groups in total. The number of rotatable bonds is 8. The summed E-state index contributed by atoms with van der Waals surface area (Å²) in [7, 11) is 0. The van der Waals surface area contributed by atoms with Crippen LogP contribution in [0.3, 0.4) is 0 Å². The molecule has 1 nitrogen and oxygen atoms in total. The van der Waals surface area contributed by atoms with Crippen molar-refractivity contribution in [1.82, 2.24) is 0 Å². The first kappa shape index (κ1) is 33.7. The van der Waals surface area contributed by atoms with Crippen molar-refractivity contribution in [2.45, 2.75) is 71.1 Å².